The zero-order valence-corrected chi connectivity index (χ0v) is 17.9. The summed E-state index contributed by atoms with van der Waals surface area (Å²) >= 11 is 0. The van der Waals surface area contributed by atoms with Gasteiger partial charge >= 0.3 is 0 Å². The molecule has 0 saturated heterocycles. The number of aryl methyl sites for hydroxylation is 2. The van der Waals surface area contributed by atoms with Gasteiger partial charge in [-0.15, -0.1) is 0 Å². The van der Waals surface area contributed by atoms with E-state index in [1.54, 1.807) is 16.8 Å². The number of nitrogens with zero attached hydrogens (tertiary/aromatic N) is 3. The van der Waals surface area contributed by atoms with Crippen molar-refractivity contribution in [3.8, 4) is 5.82 Å². The number of amides is 1. The smallest absolute Gasteiger partial charge is 0.248 e. The van der Waals surface area contributed by atoms with Crippen LogP contribution >= 0.6 is 0 Å². The van der Waals surface area contributed by atoms with E-state index in [0.717, 1.165) is 11.4 Å². The molecule has 1 fully saturated rings. The third kappa shape index (κ3) is 5.25. The van der Waals surface area contributed by atoms with Crippen LogP contribution in [0.5, 0.6) is 0 Å². The second-order valence-corrected chi connectivity index (χ2v) is 8.48. The quantitative estimate of drug-likeness (QED) is 0.633. The second-order valence-electron chi connectivity index (χ2n) is 8.48. The lowest BCUT2D eigenvalue weighted by Gasteiger charge is -2.29. The predicted octanol–water partition coefficient (Wildman–Crippen LogP) is 3.80. The van der Waals surface area contributed by atoms with Gasteiger partial charge in [-0.05, 0) is 38.7 Å². The molecule has 3 rings (SSSR count). The Hall–Kier alpha value is -2.71. The number of aromatic nitrogens is 3. The van der Waals surface area contributed by atoms with Crippen LogP contribution in [0.4, 0.5) is 20.3 Å². The topological polar surface area (TPSA) is 97.9 Å². The average Bonchev–Trinajstić information content (AvgIpc) is 2.99. The third-order valence-electron chi connectivity index (χ3n) is 5.40. The van der Waals surface area contributed by atoms with Crippen molar-refractivity contribution in [3.05, 3.63) is 29.6 Å². The Labute approximate surface area is 175 Å². The van der Waals surface area contributed by atoms with Crippen molar-refractivity contribution >= 4 is 17.4 Å². The van der Waals surface area contributed by atoms with E-state index in [2.05, 4.69) is 20.7 Å². The predicted molar refractivity (Wildman–Crippen MR) is 113 cm³/mol. The molecule has 0 radical (unpaired) electrons. The summed E-state index contributed by atoms with van der Waals surface area (Å²) in [6.07, 6.45) is 0.475. The fourth-order valence-electron chi connectivity index (χ4n) is 3.78. The molecule has 1 atom stereocenters. The molecule has 2 aromatic heterocycles. The zero-order valence-electron chi connectivity index (χ0n) is 17.9. The molecule has 9 heteroatoms. The number of pyridine rings is 1. The zero-order chi connectivity index (χ0) is 22.1. The lowest BCUT2D eigenvalue weighted by Crippen LogP contribution is -2.39. The third-order valence-corrected chi connectivity index (χ3v) is 5.40. The minimum absolute atomic E-state index is 0.00946. The number of carbonyl (C=O) groups is 1. The summed E-state index contributed by atoms with van der Waals surface area (Å²) in [7, 11) is 0. The minimum Gasteiger partial charge on any atom is -0.373 e. The van der Waals surface area contributed by atoms with Crippen LogP contribution in [0.1, 0.15) is 50.9 Å². The summed E-state index contributed by atoms with van der Waals surface area (Å²) in [5.74, 6) is -1.93. The van der Waals surface area contributed by atoms with Gasteiger partial charge in [-0.2, -0.15) is 5.10 Å². The summed E-state index contributed by atoms with van der Waals surface area (Å²) in [6.45, 7) is 7.65. The Balaban J connectivity index is 1.92. The van der Waals surface area contributed by atoms with E-state index < -0.39 is 17.9 Å². The molecular weight excluding hydrogens is 390 g/mol. The monoisotopic (exact) mass is 420 g/mol. The molecule has 30 heavy (non-hydrogen) atoms. The first kappa shape index (κ1) is 22.0. The molecule has 1 aliphatic carbocycles. The van der Waals surface area contributed by atoms with Crippen LogP contribution in [0, 0.1) is 19.8 Å². The highest BCUT2D eigenvalue weighted by Crippen LogP contribution is 2.34. The van der Waals surface area contributed by atoms with Crippen LogP contribution in [0.15, 0.2) is 18.2 Å². The molecule has 2 aromatic rings. The van der Waals surface area contributed by atoms with E-state index in [-0.39, 0.29) is 24.8 Å². The number of rotatable bonds is 7. The SMILES string of the molecule is Cc1cc(C)n(-c2cc(NC(C(N)=O)C(C)C)cc(NC3CCC(F)(F)CC3)n2)n1. The molecule has 1 saturated carbocycles. The standard InChI is InChI=1S/C21H30F2N6O/c1-12(2)19(20(24)30)26-16-10-17(25-15-5-7-21(22,23)8-6-15)27-18(11-16)29-14(4)9-13(3)28-29/h9-12,15,19H,5-8H2,1-4H3,(H2,24,30)(H2,25,26,27). The van der Waals surface area contributed by atoms with E-state index in [1.807, 2.05) is 33.8 Å². The molecule has 2 heterocycles. The number of anilines is 2. The molecular formula is C21H30F2N6O. The van der Waals surface area contributed by atoms with E-state index in [1.165, 1.54) is 0 Å². The molecule has 1 amide bonds. The lowest BCUT2D eigenvalue weighted by molar-refractivity contribution is -0.119. The fraction of sp³-hybridized carbons (Fsp3) is 0.571. The van der Waals surface area contributed by atoms with Crippen LogP contribution in [0.25, 0.3) is 5.82 Å². The average molecular weight is 421 g/mol. The van der Waals surface area contributed by atoms with Crippen LogP contribution in [0.3, 0.4) is 0 Å². The number of alkyl halides is 2. The molecule has 0 aliphatic heterocycles. The molecule has 1 aliphatic rings. The Morgan fingerprint density at radius 3 is 2.43 bits per heavy atom. The first-order chi connectivity index (χ1) is 14.0. The van der Waals surface area contributed by atoms with E-state index in [9.17, 15) is 13.6 Å². The first-order valence-electron chi connectivity index (χ1n) is 10.3. The summed E-state index contributed by atoms with van der Waals surface area (Å²) in [5.41, 5.74) is 7.98. The Morgan fingerprint density at radius 2 is 1.90 bits per heavy atom. The number of primary amides is 1. The summed E-state index contributed by atoms with van der Waals surface area (Å²) in [6, 6.07) is 4.89. The molecule has 164 valence electrons. The first-order valence-corrected chi connectivity index (χ1v) is 10.3. The number of halogens is 2. The van der Waals surface area contributed by atoms with Gasteiger partial charge in [-0.25, -0.2) is 18.4 Å². The van der Waals surface area contributed by atoms with Gasteiger partial charge in [0.15, 0.2) is 5.82 Å². The van der Waals surface area contributed by atoms with Gasteiger partial charge in [-0.3, -0.25) is 4.79 Å². The summed E-state index contributed by atoms with van der Waals surface area (Å²) in [5, 5.41) is 11.0. The number of nitrogens with one attached hydrogen (secondary N) is 2. The van der Waals surface area contributed by atoms with Crippen molar-refractivity contribution in [2.24, 2.45) is 11.7 Å². The van der Waals surface area contributed by atoms with Crippen molar-refractivity contribution in [3.63, 3.8) is 0 Å². The van der Waals surface area contributed by atoms with E-state index >= 15 is 0 Å². The summed E-state index contributed by atoms with van der Waals surface area (Å²) < 4.78 is 28.7. The van der Waals surface area contributed by atoms with Crippen LogP contribution in [0.2, 0.25) is 0 Å². The van der Waals surface area contributed by atoms with Gasteiger partial charge in [0.1, 0.15) is 11.9 Å². The molecule has 0 bridgehead atoms. The number of hydrogen-bond acceptors (Lipinski definition) is 5. The van der Waals surface area contributed by atoms with Crippen molar-refractivity contribution in [1.82, 2.24) is 14.8 Å². The largest absolute Gasteiger partial charge is 0.373 e. The van der Waals surface area contributed by atoms with Gasteiger partial charge in [-0.1, -0.05) is 13.8 Å². The lowest BCUT2D eigenvalue weighted by atomic mass is 9.92. The van der Waals surface area contributed by atoms with Gasteiger partial charge < -0.3 is 16.4 Å². The normalized spacial score (nSPS) is 17.7. The van der Waals surface area contributed by atoms with Gasteiger partial charge in [0, 0.05) is 42.4 Å². The van der Waals surface area contributed by atoms with Crippen molar-refractivity contribution < 1.29 is 13.6 Å². The van der Waals surface area contributed by atoms with E-state index in [4.69, 9.17) is 5.73 Å². The molecule has 4 N–H and O–H groups in total. The highest BCUT2D eigenvalue weighted by Gasteiger charge is 2.35. The van der Waals surface area contributed by atoms with Crippen LogP contribution < -0.4 is 16.4 Å². The number of hydrogen-bond donors (Lipinski definition) is 3. The maximum atomic E-state index is 13.5. The highest BCUT2D eigenvalue weighted by molar-refractivity contribution is 5.83. The minimum atomic E-state index is -2.59. The molecule has 0 spiro atoms. The molecule has 7 nitrogen and oxygen atoms in total. The highest BCUT2D eigenvalue weighted by atomic mass is 19.3. The van der Waals surface area contributed by atoms with Crippen molar-refractivity contribution in [2.75, 3.05) is 10.6 Å². The van der Waals surface area contributed by atoms with Gasteiger partial charge in [0.2, 0.25) is 11.8 Å². The van der Waals surface area contributed by atoms with Gasteiger partial charge in [0.05, 0.1) is 5.69 Å². The van der Waals surface area contributed by atoms with E-state index in [0.29, 0.717) is 30.2 Å². The number of nitrogens with two attached hydrogens (primary N) is 1. The van der Waals surface area contributed by atoms with Crippen LogP contribution in [-0.4, -0.2) is 38.7 Å². The molecule has 1 unspecified atom stereocenters. The Morgan fingerprint density at radius 1 is 1.23 bits per heavy atom. The van der Waals surface area contributed by atoms with Crippen molar-refractivity contribution in [1.29, 1.82) is 0 Å². The maximum Gasteiger partial charge on any atom is 0.248 e. The maximum absolute atomic E-state index is 13.5. The number of carbonyl (C=O) groups excluding carboxylic acids is 1. The Kier molecular flexibility index (Phi) is 6.28. The second kappa shape index (κ2) is 8.57. The van der Waals surface area contributed by atoms with Gasteiger partial charge in [0.25, 0.3) is 0 Å². The molecule has 0 aromatic carbocycles. The summed E-state index contributed by atoms with van der Waals surface area (Å²) in [4.78, 5) is 16.5. The van der Waals surface area contributed by atoms with Crippen LogP contribution in [-0.2, 0) is 4.79 Å². The van der Waals surface area contributed by atoms with Crippen molar-refractivity contribution in [2.45, 2.75) is 71.4 Å². The Bertz CT molecular complexity index is 901. The fourth-order valence-corrected chi connectivity index (χ4v) is 3.78.